The lowest BCUT2D eigenvalue weighted by atomic mass is 9.79. The highest BCUT2D eigenvalue weighted by molar-refractivity contribution is 8.03. The summed E-state index contributed by atoms with van der Waals surface area (Å²) in [6.07, 6.45) is 3.66. The Morgan fingerprint density at radius 3 is 2.69 bits per heavy atom. The zero-order valence-corrected chi connectivity index (χ0v) is 19.7. The lowest BCUT2D eigenvalue weighted by Gasteiger charge is -2.46. The second-order valence-corrected chi connectivity index (χ2v) is 11.0. The van der Waals surface area contributed by atoms with Crippen molar-refractivity contribution in [2.75, 3.05) is 6.79 Å². The third kappa shape index (κ3) is 3.83. The molecule has 5 atom stereocenters. The van der Waals surface area contributed by atoms with Gasteiger partial charge in [0, 0.05) is 41.4 Å². The van der Waals surface area contributed by atoms with Crippen molar-refractivity contribution in [2.45, 2.75) is 65.0 Å². The fourth-order valence-electron chi connectivity index (χ4n) is 4.53. The molecule has 9 nitrogen and oxygen atoms in total. The van der Waals surface area contributed by atoms with Crippen LogP contribution in [-0.2, 0) is 36.8 Å². The third-order valence-electron chi connectivity index (χ3n) is 6.20. The molecule has 0 aliphatic carbocycles. The van der Waals surface area contributed by atoms with Crippen LogP contribution in [0.25, 0.3) is 0 Å². The number of aliphatic hydroxyl groups excluding tert-OH is 1. The van der Waals surface area contributed by atoms with Gasteiger partial charge in [-0.15, -0.1) is 11.8 Å². The number of carbonyl (C=O) groups excluding carboxylic acids is 3. The van der Waals surface area contributed by atoms with Gasteiger partial charge in [0.2, 0.25) is 12.7 Å². The zero-order chi connectivity index (χ0) is 23.4. The van der Waals surface area contributed by atoms with Crippen LogP contribution >= 0.6 is 11.8 Å². The molecule has 1 aromatic rings. The smallest absolute Gasteiger partial charge is 0.358 e. The SMILES string of the molecule is C[C@@H](O)[C@H]1C(=O)N2C(C(=O)OCOC(=O)C(C)(C)C)=C(S[C@H]3Cc4nccn4C3)[C@H](C)[C@H]12. The monoisotopic (exact) mass is 463 g/mol. The Morgan fingerprint density at radius 1 is 1.34 bits per heavy atom. The first-order valence-electron chi connectivity index (χ1n) is 10.8. The van der Waals surface area contributed by atoms with Crippen molar-refractivity contribution in [2.24, 2.45) is 17.3 Å². The molecule has 0 spiro atoms. The van der Waals surface area contributed by atoms with Gasteiger partial charge in [-0.1, -0.05) is 6.92 Å². The van der Waals surface area contributed by atoms with Gasteiger partial charge in [0.15, 0.2) is 0 Å². The van der Waals surface area contributed by atoms with E-state index in [2.05, 4.69) is 9.55 Å². The maximum Gasteiger partial charge on any atom is 0.358 e. The summed E-state index contributed by atoms with van der Waals surface area (Å²) in [4.78, 5) is 44.4. The van der Waals surface area contributed by atoms with Gasteiger partial charge in [0.25, 0.3) is 0 Å². The second-order valence-electron chi connectivity index (χ2n) is 9.64. The van der Waals surface area contributed by atoms with Crippen molar-refractivity contribution >= 4 is 29.6 Å². The maximum atomic E-state index is 13.0. The minimum atomic E-state index is -0.808. The molecule has 0 saturated carbocycles. The van der Waals surface area contributed by atoms with Crippen LogP contribution in [-0.4, -0.2) is 61.6 Å². The van der Waals surface area contributed by atoms with E-state index in [4.69, 9.17) is 9.47 Å². The molecule has 10 heteroatoms. The summed E-state index contributed by atoms with van der Waals surface area (Å²) >= 11 is 1.56. The highest BCUT2D eigenvalue weighted by Crippen LogP contribution is 2.52. The van der Waals surface area contributed by atoms with Crippen molar-refractivity contribution in [1.82, 2.24) is 14.5 Å². The molecule has 4 rings (SSSR count). The minimum absolute atomic E-state index is 0.120. The summed E-state index contributed by atoms with van der Waals surface area (Å²) in [5.74, 6) is -1.15. The number of ether oxygens (including phenoxy) is 2. The first-order chi connectivity index (χ1) is 15.0. The molecule has 3 aliphatic heterocycles. The van der Waals surface area contributed by atoms with E-state index >= 15 is 0 Å². The number of esters is 2. The standard InChI is InChI=1S/C22H29N3O6S/c1-11-16-15(12(2)26)19(27)25(16)17(20(28)30-10-31-21(29)22(3,4)5)18(11)32-13-8-14-23-6-7-24(14)9-13/h6-7,11-13,15-16,26H,8-10H2,1-5H3/t11-,12-,13+,15-,16-/m1/s1. The number of hydrogen-bond donors (Lipinski definition) is 1. The Balaban J connectivity index is 1.53. The number of rotatable bonds is 6. The largest absolute Gasteiger partial charge is 0.427 e. The van der Waals surface area contributed by atoms with Crippen LogP contribution in [0.4, 0.5) is 0 Å². The van der Waals surface area contributed by atoms with Crippen LogP contribution < -0.4 is 0 Å². The molecular weight excluding hydrogens is 434 g/mol. The maximum absolute atomic E-state index is 13.0. The third-order valence-corrected chi connectivity index (χ3v) is 7.67. The number of β-lactam (4-membered cyclic amide) rings is 1. The van der Waals surface area contributed by atoms with Crippen LogP contribution in [0.3, 0.4) is 0 Å². The molecule has 1 saturated heterocycles. The first kappa shape index (κ1) is 22.8. The summed E-state index contributed by atoms with van der Waals surface area (Å²) < 4.78 is 12.4. The van der Waals surface area contributed by atoms with E-state index in [1.54, 1.807) is 45.7 Å². The predicted octanol–water partition coefficient (Wildman–Crippen LogP) is 1.70. The van der Waals surface area contributed by atoms with E-state index in [1.165, 1.54) is 4.90 Å². The molecular formula is C22H29N3O6S. The number of carbonyl (C=O) groups is 3. The van der Waals surface area contributed by atoms with Gasteiger partial charge in [-0.2, -0.15) is 0 Å². The Labute approximate surface area is 191 Å². The van der Waals surface area contributed by atoms with Crippen molar-refractivity contribution in [3.8, 4) is 0 Å². The quantitative estimate of drug-likeness (QED) is 0.386. The van der Waals surface area contributed by atoms with Gasteiger partial charge < -0.3 is 24.0 Å². The summed E-state index contributed by atoms with van der Waals surface area (Å²) in [6, 6.07) is -0.289. The number of aromatic nitrogens is 2. The Hall–Kier alpha value is -2.33. The van der Waals surface area contributed by atoms with Crippen LogP contribution in [0.5, 0.6) is 0 Å². The van der Waals surface area contributed by atoms with Crippen molar-refractivity contribution in [1.29, 1.82) is 0 Å². The van der Waals surface area contributed by atoms with Gasteiger partial charge in [0.05, 0.1) is 23.5 Å². The lowest BCUT2D eigenvalue weighted by molar-refractivity contribution is -0.175. The molecule has 0 aromatic carbocycles. The van der Waals surface area contributed by atoms with Gasteiger partial charge in [-0.3, -0.25) is 9.59 Å². The zero-order valence-electron chi connectivity index (χ0n) is 18.9. The Morgan fingerprint density at radius 2 is 2.06 bits per heavy atom. The highest BCUT2D eigenvalue weighted by Gasteiger charge is 2.60. The van der Waals surface area contributed by atoms with E-state index in [9.17, 15) is 19.5 Å². The lowest BCUT2D eigenvalue weighted by Crippen LogP contribution is -2.63. The minimum Gasteiger partial charge on any atom is -0.427 e. The number of aliphatic hydroxyl groups is 1. The Kier molecular flexibility index (Phi) is 5.87. The summed E-state index contributed by atoms with van der Waals surface area (Å²) in [5, 5.41) is 10.3. The molecule has 3 aliphatic rings. The normalized spacial score (nSPS) is 27.7. The Bertz CT molecular complexity index is 958. The summed E-state index contributed by atoms with van der Waals surface area (Å²) in [7, 11) is 0. The fourth-order valence-corrected chi connectivity index (χ4v) is 6.01. The molecule has 4 heterocycles. The highest BCUT2D eigenvalue weighted by atomic mass is 32.2. The first-order valence-corrected chi connectivity index (χ1v) is 11.6. The molecule has 1 N–H and O–H groups in total. The topological polar surface area (TPSA) is 111 Å². The average molecular weight is 464 g/mol. The summed E-state index contributed by atoms with van der Waals surface area (Å²) in [5.41, 5.74) is -0.518. The average Bonchev–Trinajstić information content (AvgIpc) is 3.33. The van der Waals surface area contributed by atoms with Gasteiger partial charge in [-0.05, 0) is 27.7 Å². The van der Waals surface area contributed by atoms with Gasteiger partial charge in [-0.25, -0.2) is 9.78 Å². The van der Waals surface area contributed by atoms with E-state index in [0.717, 1.165) is 23.7 Å². The number of amides is 1. The number of thioether (sulfide) groups is 1. The molecule has 32 heavy (non-hydrogen) atoms. The van der Waals surface area contributed by atoms with Crippen LogP contribution in [0, 0.1) is 17.3 Å². The number of imidazole rings is 1. The van der Waals surface area contributed by atoms with Crippen LogP contribution in [0.1, 0.15) is 40.4 Å². The van der Waals surface area contributed by atoms with Crippen LogP contribution in [0.2, 0.25) is 0 Å². The number of hydrogen-bond acceptors (Lipinski definition) is 8. The molecule has 0 unspecified atom stereocenters. The van der Waals surface area contributed by atoms with Gasteiger partial charge >= 0.3 is 11.9 Å². The fraction of sp³-hybridized carbons (Fsp3) is 0.636. The number of nitrogens with zero attached hydrogens (tertiary/aromatic N) is 3. The molecule has 1 fully saturated rings. The van der Waals surface area contributed by atoms with E-state index < -0.39 is 36.2 Å². The second kappa shape index (κ2) is 8.22. The predicted molar refractivity (Wildman–Crippen MR) is 116 cm³/mol. The van der Waals surface area contributed by atoms with Crippen molar-refractivity contribution in [3.63, 3.8) is 0 Å². The molecule has 0 bridgehead atoms. The molecule has 1 aromatic heterocycles. The van der Waals surface area contributed by atoms with Crippen molar-refractivity contribution in [3.05, 3.63) is 28.8 Å². The van der Waals surface area contributed by atoms with E-state index in [-0.39, 0.29) is 28.8 Å². The molecule has 1 amide bonds. The summed E-state index contributed by atoms with van der Waals surface area (Å²) in [6.45, 7) is 8.93. The van der Waals surface area contributed by atoms with Crippen LogP contribution in [0.15, 0.2) is 23.0 Å². The van der Waals surface area contributed by atoms with Gasteiger partial charge in [0.1, 0.15) is 11.5 Å². The van der Waals surface area contributed by atoms with Crippen molar-refractivity contribution < 1.29 is 29.0 Å². The molecule has 174 valence electrons. The van der Waals surface area contributed by atoms with E-state index in [1.807, 2.05) is 13.1 Å². The molecule has 0 radical (unpaired) electrons. The van der Waals surface area contributed by atoms with E-state index in [0.29, 0.717) is 0 Å². The number of fused-ring (bicyclic) bond motifs is 2.